The summed E-state index contributed by atoms with van der Waals surface area (Å²) in [6.45, 7) is 18.9. The number of carbonyl (C=O) groups excluding carboxylic acids is 1. The molecule has 2 aliphatic heterocycles. The quantitative estimate of drug-likeness (QED) is 0.0992. The lowest BCUT2D eigenvalue weighted by Crippen LogP contribution is -2.43. The molecule has 1 aliphatic carbocycles. The summed E-state index contributed by atoms with van der Waals surface area (Å²) in [5, 5.41) is 7.49. The maximum absolute atomic E-state index is 13.3. The molecule has 0 amide bonds. The number of Topliss-reactive ketones (excluding diaryl/α,β-unsaturated/α-hetero) is 1. The smallest absolute Gasteiger partial charge is 0.263 e. The number of hydrogen-bond donors (Lipinski definition) is 2. The number of nitrogens with zero attached hydrogens (tertiary/aromatic N) is 7. The van der Waals surface area contributed by atoms with Crippen LogP contribution in [0.4, 0.5) is 5.69 Å². The van der Waals surface area contributed by atoms with Gasteiger partial charge in [0.1, 0.15) is 23.0 Å². The number of aromatic nitrogens is 6. The summed E-state index contributed by atoms with van der Waals surface area (Å²) in [5.41, 5.74) is 8.29. The van der Waals surface area contributed by atoms with Gasteiger partial charge in [-0.25, -0.2) is 28.4 Å². The number of fused-ring (bicyclic) bond motifs is 1. The van der Waals surface area contributed by atoms with Crippen LogP contribution in [-0.2, 0) is 29.1 Å². The molecule has 3 fully saturated rings. The van der Waals surface area contributed by atoms with Gasteiger partial charge in [0.15, 0.2) is 15.6 Å². The molecule has 2 saturated heterocycles. The number of anilines is 1. The lowest BCUT2D eigenvalue weighted by Gasteiger charge is -2.29. The molecule has 0 unspecified atom stereocenters. The Balaban J connectivity index is 0.000000192. The number of piperazine rings is 1. The number of halogens is 1. The van der Waals surface area contributed by atoms with Crippen molar-refractivity contribution < 1.29 is 17.9 Å². The van der Waals surface area contributed by atoms with Gasteiger partial charge in [-0.05, 0) is 140 Å². The van der Waals surface area contributed by atoms with Crippen LogP contribution in [0.1, 0.15) is 146 Å². The molecule has 71 heavy (non-hydrogen) atoms. The number of carbonyl (C=O) groups is 1. The fraction of sp³-hybridized carbons (Fsp3) is 0.473. The third-order valence-corrected chi connectivity index (χ3v) is 16.6. The Kier molecular flexibility index (Phi) is 16.7. The first kappa shape index (κ1) is 51.7. The molecule has 2 N–H and O–H groups in total. The lowest BCUT2D eigenvalue weighted by atomic mass is 9.86. The van der Waals surface area contributed by atoms with Crippen LogP contribution < -0.4 is 25.8 Å². The summed E-state index contributed by atoms with van der Waals surface area (Å²) in [6, 6.07) is 15.7. The number of ether oxygens (including phenoxy) is 1. The number of nitrogens with one attached hydrogen (secondary N) is 2. The van der Waals surface area contributed by atoms with Crippen LogP contribution >= 0.6 is 11.6 Å². The molecular weight excluding hydrogens is 934 g/mol. The normalized spacial score (nSPS) is 15.9. The van der Waals surface area contributed by atoms with Crippen molar-refractivity contribution in [1.82, 2.24) is 40.1 Å². The summed E-state index contributed by atoms with van der Waals surface area (Å²) in [4.78, 5) is 51.6. The van der Waals surface area contributed by atoms with E-state index in [0.717, 1.165) is 106 Å². The van der Waals surface area contributed by atoms with Crippen LogP contribution in [0.5, 0.6) is 5.75 Å². The van der Waals surface area contributed by atoms with Gasteiger partial charge in [0, 0.05) is 74.1 Å². The highest BCUT2D eigenvalue weighted by Crippen LogP contribution is 2.35. The number of pyridine rings is 2. The molecular formula is C55H68ClN9O5S. The Morgan fingerprint density at radius 3 is 2.18 bits per heavy atom. The molecule has 2 aromatic carbocycles. The number of aryl methyl sites for hydroxylation is 2. The van der Waals surface area contributed by atoms with Crippen molar-refractivity contribution in [3.63, 3.8) is 0 Å². The SMILES string of the molecule is CC(=O)c1c(C)c2cnc(Cc3ccc(N4CCNCC4)cn3)nc2n(C2CCCC2)c1=O.Cc1cc(Cc2ncc(Cl)c(Cc3ccccc3S(=O)(=O)C(C)C)n2)c(OC(C)C)cc1C1CCNCC1. The third kappa shape index (κ3) is 12.0. The molecule has 6 heterocycles. The zero-order valence-electron chi connectivity index (χ0n) is 42.2. The molecule has 1 saturated carbocycles. The molecule has 4 aromatic heterocycles. The number of piperidine rings is 1. The van der Waals surface area contributed by atoms with E-state index in [9.17, 15) is 18.0 Å². The monoisotopic (exact) mass is 1000 g/mol. The van der Waals surface area contributed by atoms with Crippen molar-refractivity contribution in [2.75, 3.05) is 44.2 Å². The van der Waals surface area contributed by atoms with Crippen LogP contribution in [-0.4, -0.2) is 94.3 Å². The van der Waals surface area contributed by atoms with Crippen molar-refractivity contribution in [1.29, 1.82) is 0 Å². The number of hydrogen-bond acceptors (Lipinski definition) is 13. The second-order valence-corrected chi connectivity index (χ2v) is 22.6. The summed E-state index contributed by atoms with van der Waals surface area (Å²) in [5.74, 6) is 2.44. The largest absolute Gasteiger partial charge is 0.491 e. The average Bonchev–Trinajstić information content (AvgIpc) is 3.89. The van der Waals surface area contributed by atoms with Gasteiger partial charge in [-0.1, -0.05) is 48.7 Å². The van der Waals surface area contributed by atoms with E-state index in [1.54, 1.807) is 42.9 Å². The fourth-order valence-corrected chi connectivity index (χ4v) is 11.6. The van der Waals surface area contributed by atoms with Crippen LogP contribution in [0.15, 0.2) is 76.8 Å². The van der Waals surface area contributed by atoms with E-state index in [0.29, 0.717) is 69.2 Å². The first-order valence-corrected chi connectivity index (χ1v) is 27.2. The zero-order chi connectivity index (χ0) is 50.4. The van der Waals surface area contributed by atoms with E-state index in [1.807, 2.05) is 45.2 Å². The summed E-state index contributed by atoms with van der Waals surface area (Å²) < 4.78 is 33.9. The fourth-order valence-electron chi connectivity index (χ4n) is 10.2. The number of rotatable bonds is 14. The van der Waals surface area contributed by atoms with Crippen molar-refractivity contribution in [2.45, 2.75) is 134 Å². The van der Waals surface area contributed by atoms with Crippen molar-refractivity contribution >= 4 is 43.9 Å². The molecule has 0 bridgehead atoms. The van der Waals surface area contributed by atoms with Gasteiger partial charge in [-0.2, -0.15) is 0 Å². The molecule has 6 aromatic rings. The predicted octanol–water partition coefficient (Wildman–Crippen LogP) is 8.87. The molecule has 0 radical (unpaired) electrons. The second-order valence-electron chi connectivity index (χ2n) is 19.8. The number of sulfone groups is 1. The van der Waals surface area contributed by atoms with Gasteiger partial charge in [0.25, 0.3) is 5.56 Å². The molecule has 0 spiro atoms. The Morgan fingerprint density at radius 1 is 0.817 bits per heavy atom. The first-order valence-electron chi connectivity index (χ1n) is 25.2. The Hall–Kier alpha value is -5.61. The minimum Gasteiger partial charge on any atom is -0.491 e. The van der Waals surface area contributed by atoms with Gasteiger partial charge >= 0.3 is 0 Å². The molecule has 3 aliphatic rings. The van der Waals surface area contributed by atoms with Crippen molar-refractivity contribution in [2.24, 2.45) is 0 Å². The minimum absolute atomic E-state index is 0.0402. The van der Waals surface area contributed by atoms with E-state index < -0.39 is 15.1 Å². The van der Waals surface area contributed by atoms with Crippen LogP contribution in [0.25, 0.3) is 11.0 Å². The minimum atomic E-state index is -3.44. The van der Waals surface area contributed by atoms with E-state index in [1.165, 1.54) is 18.1 Å². The average molecular weight is 1000 g/mol. The Bertz CT molecular complexity index is 3030. The first-order chi connectivity index (χ1) is 34.1. The van der Waals surface area contributed by atoms with E-state index in [4.69, 9.17) is 26.3 Å². The molecule has 9 rings (SSSR count). The number of benzene rings is 2. The highest BCUT2D eigenvalue weighted by atomic mass is 35.5. The van der Waals surface area contributed by atoms with E-state index >= 15 is 0 Å². The molecule has 14 nitrogen and oxygen atoms in total. The highest BCUT2D eigenvalue weighted by Gasteiger charge is 2.27. The van der Waals surface area contributed by atoms with E-state index in [2.05, 4.69) is 55.6 Å². The molecule has 16 heteroatoms. The predicted molar refractivity (Wildman–Crippen MR) is 281 cm³/mol. The van der Waals surface area contributed by atoms with E-state index in [-0.39, 0.29) is 29.1 Å². The zero-order valence-corrected chi connectivity index (χ0v) is 43.8. The standard InChI is InChI=1S/C30H38ClN3O3S.C25H30N6O2/c1-19(2)37-28-17-25(22-10-12-32-13-11-22)21(5)14-24(28)16-30-33-18-26(31)27(34-30)15-23-8-6-7-9-29(23)38(35,36)20(3)4;1-16-21-15-28-22(13-18-7-8-20(14-27-18)30-11-9-26-10-12-30)29-24(21)31(19-5-3-4-6-19)25(33)23(16)17(2)32/h6-9,14,17-20,22,32H,10-13,15-16H2,1-5H3;7-8,14-15,19,26H,3-6,9-13H2,1-2H3. The number of ketones is 1. The highest BCUT2D eigenvalue weighted by molar-refractivity contribution is 7.92. The van der Waals surface area contributed by atoms with Crippen molar-refractivity contribution in [3.05, 3.63) is 139 Å². The summed E-state index contributed by atoms with van der Waals surface area (Å²) in [6.07, 6.45) is 12.9. The topological polar surface area (TPSA) is 174 Å². The van der Waals surface area contributed by atoms with Gasteiger partial charge in [-0.15, -0.1) is 0 Å². The molecule has 376 valence electrons. The molecule has 0 atom stereocenters. The second kappa shape index (κ2) is 22.9. The summed E-state index contributed by atoms with van der Waals surface area (Å²) in [7, 11) is -3.44. The van der Waals surface area contributed by atoms with Gasteiger partial charge < -0.3 is 20.3 Å². The summed E-state index contributed by atoms with van der Waals surface area (Å²) >= 11 is 6.51. The third-order valence-electron chi connectivity index (χ3n) is 14.0. The van der Waals surface area contributed by atoms with Gasteiger partial charge in [0.05, 0.1) is 50.8 Å². The maximum Gasteiger partial charge on any atom is 0.263 e. The Labute approximate surface area is 423 Å². The van der Waals surface area contributed by atoms with Crippen LogP contribution in [0, 0.1) is 13.8 Å². The van der Waals surface area contributed by atoms with Gasteiger partial charge in [0.2, 0.25) is 0 Å². The van der Waals surface area contributed by atoms with Crippen molar-refractivity contribution in [3.8, 4) is 5.75 Å². The van der Waals surface area contributed by atoms with Crippen LogP contribution in [0.2, 0.25) is 5.02 Å². The lowest BCUT2D eigenvalue weighted by molar-refractivity contribution is 0.101. The maximum atomic E-state index is 13.3. The van der Waals surface area contributed by atoms with Crippen LogP contribution in [0.3, 0.4) is 0 Å². The Morgan fingerprint density at radius 2 is 1.51 bits per heavy atom. The van der Waals surface area contributed by atoms with Gasteiger partial charge in [-0.3, -0.25) is 19.1 Å².